The number of nitrogens with two attached hydrogens (primary N) is 1. The van der Waals surface area contributed by atoms with Crippen molar-refractivity contribution in [3.8, 4) is 11.3 Å². The molecule has 2 rings (SSSR count). The lowest BCUT2D eigenvalue weighted by atomic mass is 10.1. The lowest BCUT2D eigenvalue weighted by Gasteiger charge is -2.16. The van der Waals surface area contributed by atoms with Gasteiger partial charge in [-0.3, -0.25) is 4.79 Å². The highest BCUT2D eigenvalue weighted by Gasteiger charge is 2.32. The molecule has 148 valence electrons. The number of alkyl halides is 3. The van der Waals surface area contributed by atoms with Gasteiger partial charge in [0.25, 0.3) is 0 Å². The number of carbonyl (C=O) groups is 1. The monoisotopic (exact) mass is 390 g/mol. The smallest absolute Gasteiger partial charge is 0.402 e. The Labute approximate surface area is 161 Å². The maximum atomic E-state index is 13.4. The topological polar surface area (TPSA) is 80.0 Å². The van der Waals surface area contributed by atoms with Crippen molar-refractivity contribution >= 4 is 17.4 Å². The largest absolute Gasteiger partial charge is 0.416 e. The maximum Gasteiger partial charge on any atom is 0.416 e. The third-order valence-corrected chi connectivity index (χ3v) is 3.65. The van der Waals surface area contributed by atoms with Crippen molar-refractivity contribution < 1.29 is 18.0 Å². The number of benzene rings is 1. The van der Waals surface area contributed by atoms with Crippen LogP contribution in [0.3, 0.4) is 0 Å². The fraction of sp³-hybridized carbons (Fsp3) is 0.200. The number of amides is 1. The van der Waals surface area contributed by atoms with Gasteiger partial charge in [-0.1, -0.05) is 18.7 Å². The first kappa shape index (κ1) is 21.0. The van der Waals surface area contributed by atoms with E-state index in [9.17, 15) is 18.0 Å². The maximum absolute atomic E-state index is 13.4. The second-order valence-electron chi connectivity index (χ2n) is 6.24. The molecule has 0 spiro atoms. The second-order valence-corrected chi connectivity index (χ2v) is 6.24. The number of hydrogen-bond acceptors (Lipinski definition) is 4. The normalized spacial score (nSPS) is 13.0. The van der Waals surface area contributed by atoms with Gasteiger partial charge in [-0.15, -0.1) is 0 Å². The molecule has 0 fully saturated rings. The minimum Gasteiger partial charge on any atom is -0.402 e. The molecular formula is C20H21F3N4O. The molecule has 0 saturated heterocycles. The van der Waals surface area contributed by atoms with Gasteiger partial charge in [-0.2, -0.15) is 13.2 Å². The standard InChI is InChI=1S/C20H21F3N4O/c1-4-19(28)26-16-7-5-6-14(9-16)17-10-15(20(21,22)23)11-18(27-17)25-13(3)8-12(2)24/h4-11,13H,1,24H2,2-3H3,(H,25,27)(H,26,28)/b12-8-. The van der Waals surface area contributed by atoms with Gasteiger partial charge in [-0.25, -0.2) is 4.98 Å². The van der Waals surface area contributed by atoms with E-state index in [1.54, 1.807) is 44.2 Å². The van der Waals surface area contributed by atoms with Crippen molar-refractivity contribution in [1.82, 2.24) is 4.98 Å². The van der Waals surface area contributed by atoms with Crippen molar-refractivity contribution in [2.45, 2.75) is 26.1 Å². The Morgan fingerprint density at radius 2 is 2.00 bits per heavy atom. The molecule has 0 bridgehead atoms. The number of carbonyl (C=O) groups excluding carboxylic acids is 1. The van der Waals surface area contributed by atoms with Gasteiger partial charge >= 0.3 is 6.18 Å². The van der Waals surface area contributed by atoms with Crippen LogP contribution in [0.1, 0.15) is 19.4 Å². The van der Waals surface area contributed by atoms with E-state index >= 15 is 0 Å². The van der Waals surface area contributed by atoms with Crippen molar-refractivity contribution in [2.75, 3.05) is 10.6 Å². The summed E-state index contributed by atoms with van der Waals surface area (Å²) in [7, 11) is 0. The van der Waals surface area contributed by atoms with Gasteiger partial charge in [0.2, 0.25) is 5.91 Å². The SMILES string of the molecule is C=CC(=O)Nc1cccc(-c2cc(C(F)(F)F)cc(NC(C)/C=C(/C)N)n2)c1. The Balaban J connectivity index is 2.47. The van der Waals surface area contributed by atoms with Gasteiger partial charge in [0.1, 0.15) is 5.82 Å². The minimum atomic E-state index is -4.54. The van der Waals surface area contributed by atoms with Crippen molar-refractivity contribution in [2.24, 2.45) is 5.73 Å². The molecule has 8 heteroatoms. The molecule has 28 heavy (non-hydrogen) atoms. The van der Waals surface area contributed by atoms with Crippen LogP contribution in [0, 0.1) is 0 Å². The number of aromatic nitrogens is 1. The van der Waals surface area contributed by atoms with Gasteiger partial charge in [0.05, 0.1) is 11.3 Å². The first-order valence-corrected chi connectivity index (χ1v) is 8.42. The van der Waals surface area contributed by atoms with Crippen LogP contribution in [0.25, 0.3) is 11.3 Å². The van der Waals surface area contributed by atoms with E-state index in [1.165, 1.54) is 0 Å². The van der Waals surface area contributed by atoms with E-state index in [4.69, 9.17) is 5.73 Å². The molecule has 5 nitrogen and oxygen atoms in total. The third-order valence-electron chi connectivity index (χ3n) is 3.65. The molecule has 0 aliphatic heterocycles. The summed E-state index contributed by atoms with van der Waals surface area (Å²) in [6.45, 7) is 6.80. The second kappa shape index (κ2) is 8.60. The van der Waals surface area contributed by atoms with Crippen LogP contribution in [0.15, 0.2) is 60.8 Å². The van der Waals surface area contributed by atoms with Crippen LogP contribution >= 0.6 is 0 Å². The third kappa shape index (κ3) is 5.87. The lowest BCUT2D eigenvalue weighted by molar-refractivity contribution is -0.137. The molecule has 0 radical (unpaired) electrons. The fourth-order valence-electron chi connectivity index (χ4n) is 2.53. The summed E-state index contributed by atoms with van der Waals surface area (Å²) in [6, 6.07) is 7.99. The summed E-state index contributed by atoms with van der Waals surface area (Å²) in [5, 5.41) is 5.47. The zero-order valence-electron chi connectivity index (χ0n) is 15.5. The molecular weight excluding hydrogens is 369 g/mol. The molecule has 1 atom stereocenters. The Bertz CT molecular complexity index is 903. The zero-order chi connectivity index (χ0) is 20.9. The lowest BCUT2D eigenvalue weighted by Crippen LogP contribution is -2.16. The van der Waals surface area contributed by atoms with Crippen molar-refractivity contribution in [3.05, 3.63) is 66.4 Å². The summed E-state index contributed by atoms with van der Waals surface area (Å²) in [4.78, 5) is 15.7. The van der Waals surface area contributed by atoms with E-state index in [-0.39, 0.29) is 17.6 Å². The van der Waals surface area contributed by atoms with Gasteiger partial charge in [0, 0.05) is 23.0 Å². The first-order chi connectivity index (χ1) is 13.1. The number of allylic oxidation sites excluding steroid dienone is 1. The summed E-state index contributed by atoms with van der Waals surface area (Å²) >= 11 is 0. The Kier molecular flexibility index (Phi) is 6.45. The van der Waals surface area contributed by atoms with Gasteiger partial charge < -0.3 is 16.4 Å². The van der Waals surface area contributed by atoms with Gasteiger partial charge in [0.15, 0.2) is 0 Å². The molecule has 0 saturated carbocycles. The molecule has 1 amide bonds. The molecule has 1 heterocycles. The zero-order valence-corrected chi connectivity index (χ0v) is 15.5. The molecule has 4 N–H and O–H groups in total. The Morgan fingerprint density at radius 1 is 1.29 bits per heavy atom. The van der Waals surface area contributed by atoms with Crippen LogP contribution in [0.5, 0.6) is 0 Å². The predicted octanol–water partition coefficient (Wildman–Crippen LogP) is 4.55. The van der Waals surface area contributed by atoms with Crippen LogP contribution in [0.2, 0.25) is 0 Å². The molecule has 1 aromatic carbocycles. The van der Waals surface area contributed by atoms with E-state index in [2.05, 4.69) is 22.2 Å². The number of anilines is 2. The highest BCUT2D eigenvalue weighted by molar-refractivity contribution is 5.99. The Morgan fingerprint density at radius 3 is 2.61 bits per heavy atom. The average molecular weight is 390 g/mol. The van der Waals surface area contributed by atoms with Crippen molar-refractivity contribution in [1.29, 1.82) is 0 Å². The van der Waals surface area contributed by atoms with Crippen LogP contribution in [-0.4, -0.2) is 16.9 Å². The minimum absolute atomic E-state index is 0.0651. The number of pyridine rings is 1. The molecule has 0 aliphatic rings. The predicted molar refractivity (Wildman–Crippen MR) is 105 cm³/mol. The highest BCUT2D eigenvalue weighted by atomic mass is 19.4. The number of halogens is 3. The van der Waals surface area contributed by atoms with Crippen LogP contribution < -0.4 is 16.4 Å². The van der Waals surface area contributed by atoms with Crippen LogP contribution in [-0.2, 0) is 11.0 Å². The Hall–Kier alpha value is -3.29. The summed E-state index contributed by atoms with van der Waals surface area (Å²) in [6.07, 6.45) is -1.76. The van der Waals surface area contributed by atoms with E-state index in [0.29, 0.717) is 16.9 Å². The summed E-state index contributed by atoms with van der Waals surface area (Å²) < 4.78 is 40.1. The van der Waals surface area contributed by atoms with E-state index in [1.807, 2.05) is 0 Å². The molecule has 0 aliphatic carbocycles. The summed E-state index contributed by atoms with van der Waals surface area (Å²) in [5.74, 6) is -0.357. The van der Waals surface area contributed by atoms with Gasteiger partial charge in [-0.05, 0) is 50.3 Å². The first-order valence-electron chi connectivity index (χ1n) is 8.42. The van der Waals surface area contributed by atoms with E-state index in [0.717, 1.165) is 18.2 Å². The molecule has 1 unspecified atom stereocenters. The van der Waals surface area contributed by atoms with Crippen LogP contribution in [0.4, 0.5) is 24.7 Å². The molecule has 1 aromatic heterocycles. The number of nitrogens with zero attached hydrogens (tertiary/aromatic N) is 1. The average Bonchev–Trinajstić information content (AvgIpc) is 2.60. The van der Waals surface area contributed by atoms with Crippen molar-refractivity contribution in [3.63, 3.8) is 0 Å². The fourth-order valence-corrected chi connectivity index (χ4v) is 2.53. The molecule has 2 aromatic rings. The highest BCUT2D eigenvalue weighted by Crippen LogP contribution is 2.34. The number of nitrogens with one attached hydrogen (secondary N) is 2. The quantitative estimate of drug-likeness (QED) is 0.632. The number of hydrogen-bond donors (Lipinski definition) is 3. The number of rotatable bonds is 6. The van der Waals surface area contributed by atoms with E-state index < -0.39 is 17.6 Å². The summed E-state index contributed by atoms with van der Waals surface area (Å²) in [5.41, 5.74) is 6.29.